The second kappa shape index (κ2) is 6.25. The summed E-state index contributed by atoms with van der Waals surface area (Å²) in [4.78, 5) is 10.7. The highest BCUT2D eigenvalue weighted by molar-refractivity contribution is 9.10. The van der Waals surface area contributed by atoms with Gasteiger partial charge in [-0.1, -0.05) is 37.9 Å². The van der Waals surface area contributed by atoms with Crippen molar-refractivity contribution in [3.8, 4) is 5.75 Å². The average Bonchev–Trinajstić information content (AvgIpc) is 2.28. The summed E-state index contributed by atoms with van der Waals surface area (Å²) < 4.78 is 11.0. The van der Waals surface area contributed by atoms with Gasteiger partial charge in [0.2, 0.25) is 0 Å². The highest BCUT2D eigenvalue weighted by Gasteiger charge is 2.16. The summed E-state index contributed by atoms with van der Waals surface area (Å²) in [5.74, 6) is 0.412. The maximum atomic E-state index is 11.1. The van der Waals surface area contributed by atoms with Gasteiger partial charge in [0, 0.05) is 4.47 Å². The van der Waals surface area contributed by atoms with E-state index in [1.54, 1.807) is 0 Å². The number of hydrogen-bond acceptors (Lipinski definition) is 3. The van der Waals surface area contributed by atoms with Gasteiger partial charge in [-0.3, -0.25) is 4.79 Å². The second-order valence-electron chi connectivity index (χ2n) is 3.21. The van der Waals surface area contributed by atoms with E-state index in [9.17, 15) is 4.79 Å². The molecule has 0 radical (unpaired) electrons. The van der Waals surface area contributed by atoms with Gasteiger partial charge in [0.25, 0.3) is 0 Å². The van der Waals surface area contributed by atoms with Gasteiger partial charge in [0.1, 0.15) is 17.2 Å². The second-order valence-corrected chi connectivity index (χ2v) is 5.23. The van der Waals surface area contributed by atoms with Crippen molar-refractivity contribution in [2.24, 2.45) is 0 Å². The lowest BCUT2D eigenvalue weighted by Gasteiger charge is -2.12. The first-order valence-electron chi connectivity index (χ1n) is 4.65. The van der Waals surface area contributed by atoms with Crippen LogP contribution in [0.15, 0.2) is 22.7 Å². The Hall–Kier alpha value is -0.550. The van der Waals surface area contributed by atoms with Gasteiger partial charge < -0.3 is 9.47 Å². The van der Waals surface area contributed by atoms with Crippen LogP contribution in [0.25, 0.3) is 0 Å². The highest BCUT2D eigenvalue weighted by Crippen LogP contribution is 2.23. The Morgan fingerprint density at radius 1 is 1.50 bits per heavy atom. The molecule has 0 aliphatic rings. The summed E-state index contributed by atoms with van der Waals surface area (Å²) >= 11 is 6.56. The molecule has 0 saturated heterocycles. The largest absolute Gasteiger partial charge is 0.491 e. The number of esters is 1. The first-order chi connectivity index (χ1) is 7.54. The molecule has 1 rings (SSSR count). The van der Waals surface area contributed by atoms with E-state index in [1.807, 2.05) is 25.1 Å². The molecule has 0 aromatic heterocycles. The zero-order valence-electron chi connectivity index (χ0n) is 9.00. The maximum absolute atomic E-state index is 11.1. The fourth-order valence-electron chi connectivity index (χ4n) is 1.09. The van der Waals surface area contributed by atoms with Crippen molar-refractivity contribution in [3.63, 3.8) is 0 Å². The normalized spacial score (nSPS) is 12.0. The smallest absolute Gasteiger partial charge is 0.322 e. The van der Waals surface area contributed by atoms with E-state index in [0.29, 0.717) is 0 Å². The lowest BCUT2D eigenvalue weighted by molar-refractivity contribution is -0.140. The SMILES string of the molecule is COC(=O)C(Br)COc1cc(Br)ccc1C. The summed E-state index contributed by atoms with van der Waals surface area (Å²) in [7, 11) is 1.35. The molecule has 0 heterocycles. The number of carbonyl (C=O) groups is 1. The predicted molar refractivity (Wildman–Crippen MR) is 69.1 cm³/mol. The van der Waals surface area contributed by atoms with E-state index in [4.69, 9.17) is 4.74 Å². The Morgan fingerprint density at radius 3 is 2.81 bits per heavy atom. The van der Waals surface area contributed by atoms with E-state index in [0.717, 1.165) is 15.8 Å². The zero-order valence-corrected chi connectivity index (χ0v) is 12.2. The minimum absolute atomic E-state index is 0.240. The van der Waals surface area contributed by atoms with Gasteiger partial charge in [-0.05, 0) is 24.6 Å². The average molecular weight is 352 g/mol. The predicted octanol–water partition coefficient (Wildman–Crippen LogP) is 3.07. The molecule has 5 heteroatoms. The number of carbonyl (C=O) groups excluding carboxylic acids is 1. The van der Waals surface area contributed by atoms with Crippen LogP contribution >= 0.6 is 31.9 Å². The Labute approximate surface area is 111 Å². The summed E-state index contributed by atoms with van der Waals surface area (Å²) in [6, 6.07) is 5.75. The molecule has 0 aliphatic carbocycles. The van der Waals surface area contributed by atoms with Crippen LogP contribution < -0.4 is 4.74 Å². The Balaban J connectivity index is 2.60. The minimum Gasteiger partial charge on any atom is -0.491 e. The molecule has 0 spiro atoms. The molecule has 0 amide bonds. The molecule has 1 aromatic carbocycles. The van der Waals surface area contributed by atoms with E-state index in [-0.39, 0.29) is 12.6 Å². The molecule has 88 valence electrons. The van der Waals surface area contributed by atoms with Gasteiger partial charge in [-0.25, -0.2) is 0 Å². The number of aryl methyl sites for hydroxylation is 1. The van der Waals surface area contributed by atoms with Crippen LogP contribution in [0.4, 0.5) is 0 Å². The lowest BCUT2D eigenvalue weighted by Crippen LogP contribution is -2.23. The maximum Gasteiger partial charge on any atom is 0.322 e. The molecule has 1 atom stereocenters. The molecule has 3 nitrogen and oxygen atoms in total. The van der Waals surface area contributed by atoms with Crippen molar-refractivity contribution < 1.29 is 14.3 Å². The van der Waals surface area contributed by atoms with Crippen molar-refractivity contribution in [3.05, 3.63) is 28.2 Å². The third-order valence-electron chi connectivity index (χ3n) is 1.99. The van der Waals surface area contributed by atoms with Gasteiger partial charge in [-0.2, -0.15) is 0 Å². The van der Waals surface area contributed by atoms with Crippen molar-refractivity contribution >= 4 is 37.8 Å². The molecule has 1 aromatic rings. The molecule has 1 unspecified atom stereocenters. The van der Waals surface area contributed by atoms with E-state index in [2.05, 4.69) is 36.6 Å². The van der Waals surface area contributed by atoms with E-state index < -0.39 is 4.83 Å². The van der Waals surface area contributed by atoms with Crippen LogP contribution in [-0.4, -0.2) is 24.5 Å². The van der Waals surface area contributed by atoms with Gasteiger partial charge in [0.15, 0.2) is 0 Å². The summed E-state index contributed by atoms with van der Waals surface area (Å²) in [5.41, 5.74) is 1.02. The molecular weight excluding hydrogens is 340 g/mol. The summed E-state index contributed by atoms with van der Waals surface area (Å²) in [6.07, 6.45) is 0. The highest BCUT2D eigenvalue weighted by atomic mass is 79.9. The van der Waals surface area contributed by atoms with Crippen molar-refractivity contribution in [2.45, 2.75) is 11.8 Å². The van der Waals surface area contributed by atoms with E-state index >= 15 is 0 Å². The third-order valence-corrected chi connectivity index (χ3v) is 3.12. The molecule has 0 fully saturated rings. The fraction of sp³-hybridized carbons (Fsp3) is 0.364. The fourth-order valence-corrected chi connectivity index (χ4v) is 1.75. The van der Waals surface area contributed by atoms with Crippen LogP contribution in [0.5, 0.6) is 5.75 Å². The number of methoxy groups -OCH3 is 1. The number of halogens is 2. The van der Waals surface area contributed by atoms with Gasteiger partial charge in [0.05, 0.1) is 7.11 Å². The standard InChI is InChI=1S/C11H12Br2O3/c1-7-3-4-8(12)5-10(7)16-6-9(13)11(14)15-2/h3-5,9H,6H2,1-2H3. The molecule has 0 N–H and O–H groups in total. The van der Waals surface area contributed by atoms with Crippen molar-refractivity contribution in [1.29, 1.82) is 0 Å². The van der Waals surface area contributed by atoms with Crippen molar-refractivity contribution in [2.75, 3.05) is 13.7 Å². The number of ether oxygens (including phenoxy) is 2. The Bertz CT molecular complexity index is 379. The first-order valence-corrected chi connectivity index (χ1v) is 6.36. The van der Waals surface area contributed by atoms with E-state index in [1.165, 1.54) is 7.11 Å². The lowest BCUT2D eigenvalue weighted by atomic mass is 10.2. The number of rotatable bonds is 4. The van der Waals surface area contributed by atoms with Crippen LogP contribution in [0.3, 0.4) is 0 Å². The minimum atomic E-state index is -0.448. The first kappa shape index (κ1) is 13.5. The Kier molecular flexibility index (Phi) is 5.28. The number of benzene rings is 1. The quantitative estimate of drug-likeness (QED) is 0.617. The van der Waals surface area contributed by atoms with Crippen LogP contribution in [0, 0.1) is 6.92 Å². The van der Waals surface area contributed by atoms with Crippen LogP contribution in [-0.2, 0) is 9.53 Å². The Morgan fingerprint density at radius 2 is 2.19 bits per heavy atom. The number of hydrogen-bond donors (Lipinski definition) is 0. The molecule has 0 aliphatic heterocycles. The van der Waals surface area contributed by atoms with Crippen molar-refractivity contribution in [1.82, 2.24) is 0 Å². The summed E-state index contributed by atoms with van der Waals surface area (Å²) in [5, 5.41) is 0. The van der Waals surface area contributed by atoms with Crippen LogP contribution in [0.1, 0.15) is 5.56 Å². The zero-order chi connectivity index (χ0) is 12.1. The van der Waals surface area contributed by atoms with Crippen LogP contribution in [0.2, 0.25) is 0 Å². The molecule has 0 saturated carbocycles. The molecule has 16 heavy (non-hydrogen) atoms. The third kappa shape index (κ3) is 3.79. The van der Waals surface area contributed by atoms with Gasteiger partial charge >= 0.3 is 5.97 Å². The number of alkyl halides is 1. The molecule has 0 bridgehead atoms. The monoisotopic (exact) mass is 350 g/mol. The van der Waals surface area contributed by atoms with Gasteiger partial charge in [-0.15, -0.1) is 0 Å². The molecular formula is C11H12Br2O3. The summed E-state index contributed by atoms with van der Waals surface area (Å²) in [6.45, 7) is 2.19. The topological polar surface area (TPSA) is 35.5 Å².